The first kappa shape index (κ1) is 13.8. The molecule has 1 unspecified atom stereocenters. The average molecular weight is 257 g/mol. The lowest BCUT2D eigenvalue weighted by Crippen LogP contribution is -2.05. The van der Waals surface area contributed by atoms with E-state index in [1.165, 1.54) is 0 Å². The highest BCUT2D eigenvalue weighted by molar-refractivity contribution is 6.32. The molecule has 0 saturated heterocycles. The Balaban J connectivity index is 3.02. The van der Waals surface area contributed by atoms with E-state index in [4.69, 9.17) is 21.4 Å². The molecule has 1 rings (SSSR count). The molecule has 0 amide bonds. The number of hydrogen-bond acceptors (Lipinski definition) is 2. The fraction of sp³-hybridized carbons (Fsp3) is 0.462. The molecule has 94 valence electrons. The molecule has 0 spiro atoms. The van der Waals surface area contributed by atoms with Crippen molar-refractivity contribution in [3.63, 3.8) is 0 Å². The van der Waals surface area contributed by atoms with E-state index in [1.54, 1.807) is 6.07 Å². The predicted octanol–water partition coefficient (Wildman–Crippen LogP) is 3.63. The predicted molar refractivity (Wildman–Crippen MR) is 68.0 cm³/mol. The summed E-state index contributed by atoms with van der Waals surface area (Å²) in [5.41, 5.74) is 1.97. The topological polar surface area (TPSA) is 46.5 Å². The maximum Gasteiger partial charge on any atom is 0.303 e. The molecule has 17 heavy (non-hydrogen) atoms. The van der Waals surface area contributed by atoms with Crippen LogP contribution in [0.3, 0.4) is 0 Å². The maximum atomic E-state index is 10.7. The van der Waals surface area contributed by atoms with Crippen LogP contribution < -0.4 is 4.74 Å². The highest BCUT2D eigenvalue weighted by Gasteiger charge is 2.15. The van der Waals surface area contributed by atoms with Crippen molar-refractivity contribution in [3.05, 3.63) is 28.3 Å². The maximum absolute atomic E-state index is 10.7. The first-order valence-corrected chi connectivity index (χ1v) is 5.98. The van der Waals surface area contributed by atoms with Gasteiger partial charge in [0.15, 0.2) is 0 Å². The van der Waals surface area contributed by atoms with Gasteiger partial charge in [-0.15, -0.1) is 0 Å². The number of aliphatic carboxylic acids is 1. The molecule has 4 heteroatoms. The van der Waals surface area contributed by atoms with Gasteiger partial charge in [0, 0.05) is 0 Å². The van der Waals surface area contributed by atoms with Crippen LogP contribution in [-0.2, 0) is 4.79 Å². The van der Waals surface area contributed by atoms with Crippen molar-refractivity contribution in [2.45, 2.75) is 33.1 Å². The zero-order valence-electron chi connectivity index (χ0n) is 10.3. The third kappa shape index (κ3) is 3.63. The van der Waals surface area contributed by atoms with Crippen LogP contribution in [0.4, 0.5) is 0 Å². The lowest BCUT2D eigenvalue weighted by molar-refractivity contribution is -0.137. The Morgan fingerprint density at radius 1 is 1.53 bits per heavy atom. The van der Waals surface area contributed by atoms with Gasteiger partial charge in [-0.25, -0.2) is 0 Å². The van der Waals surface area contributed by atoms with Gasteiger partial charge in [0.2, 0.25) is 0 Å². The second kappa shape index (κ2) is 5.92. The van der Waals surface area contributed by atoms with E-state index >= 15 is 0 Å². The molecular weight excluding hydrogens is 240 g/mol. The minimum atomic E-state index is -0.804. The Labute approximate surface area is 106 Å². The molecule has 0 aliphatic rings. The minimum absolute atomic E-state index is 0.0549. The fourth-order valence-corrected chi connectivity index (χ4v) is 2.07. The Kier molecular flexibility index (Phi) is 4.82. The van der Waals surface area contributed by atoms with Gasteiger partial charge in [-0.2, -0.15) is 0 Å². The summed E-state index contributed by atoms with van der Waals surface area (Å²) in [6.07, 6.45) is 0.102. The normalized spacial score (nSPS) is 12.2. The number of ether oxygens (including phenoxy) is 1. The van der Waals surface area contributed by atoms with Crippen LogP contribution >= 0.6 is 11.6 Å². The Bertz CT molecular complexity index is 415. The smallest absolute Gasteiger partial charge is 0.303 e. The lowest BCUT2D eigenvalue weighted by Gasteiger charge is -2.15. The van der Waals surface area contributed by atoms with Crippen molar-refractivity contribution in [2.24, 2.45) is 0 Å². The summed E-state index contributed by atoms with van der Waals surface area (Å²) in [4.78, 5) is 10.7. The monoisotopic (exact) mass is 256 g/mol. The largest absolute Gasteiger partial charge is 0.492 e. The molecule has 1 aromatic carbocycles. The number of halogens is 1. The molecule has 1 aromatic rings. The molecule has 0 saturated carbocycles. The van der Waals surface area contributed by atoms with Crippen LogP contribution in [0.1, 0.15) is 37.3 Å². The van der Waals surface area contributed by atoms with Crippen LogP contribution in [0, 0.1) is 6.92 Å². The number of benzene rings is 1. The van der Waals surface area contributed by atoms with Crippen LogP contribution in [0.5, 0.6) is 5.75 Å². The van der Waals surface area contributed by atoms with Crippen molar-refractivity contribution < 1.29 is 14.6 Å². The summed E-state index contributed by atoms with van der Waals surface area (Å²) < 4.78 is 5.39. The van der Waals surface area contributed by atoms with Crippen molar-refractivity contribution in [2.75, 3.05) is 6.61 Å². The molecule has 0 heterocycles. The highest BCUT2D eigenvalue weighted by Crippen LogP contribution is 2.32. The third-order valence-corrected chi connectivity index (χ3v) is 2.93. The third-order valence-electron chi connectivity index (χ3n) is 2.63. The average Bonchev–Trinajstić information content (AvgIpc) is 2.22. The molecule has 0 aliphatic heterocycles. The molecule has 1 N–H and O–H groups in total. The molecule has 0 fully saturated rings. The molecule has 1 atom stereocenters. The van der Waals surface area contributed by atoms with Crippen LogP contribution in [-0.4, -0.2) is 17.7 Å². The fourth-order valence-electron chi connectivity index (χ4n) is 1.84. The number of rotatable bonds is 5. The Hall–Kier alpha value is -1.22. The van der Waals surface area contributed by atoms with Gasteiger partial charge in [-0.05, 0) is 43.0 Å². The SMILES string of the molecule is CCOc1cc(C)c(C(C)CC(=O)O)cc1Cl. The quantitative estimate of drug-likeness (QED) is 0.875. The Morgan fingerprint density at radius 3 is 2.71 bits per heavy atom. The van der Waals surface area contributed by atoms with E-state index in [-0.39, 0.29) is 12.3 Å². The molecular formula is C13H17ClO3. The Morgan fingerprint density at radius 2 is 2.18 bits per heavy atom. The van der Waals surface area contributed by atoms with E-state index in [2.05, 4.69) is 0 Å². The molecule has 0 aromatic heterocycles. The minimum Gasteiger partial charge on any atom is -0.492 e. The summed E-state index contributed by atoms with van der Waals surface area (Å²) in [6.45, 7) is 6.27. The number of hydrogen-bond donors (Lipinski definition) is 1. The first-order valence-electron chi connectivity index (χ1n) is 5.60. The first-order chi connectivity index (χ1) is 7.95. The van der Waals surface area contributed by atoms with Gasteiger partial charge < -0.3 is 9.84 Å². The molecule has 0 bridgehead atoms. The van der Waals surface area contributed by atoms with Gasteiger partial charge in [-0.3, -0.25) is 4.79 Å². The second-order valence-corrected chi connectivity index (χ2v) is 4.48. The van der Waals surface area contributed by atoms with Gasteiger partial charge in [0.05, 0.1) is 18.1 Å². The van der Waals surface area contributed by atoms with Crippen molar-refractivity contribution in [3.8, 4) is 5.75 Å². The van der Waals surface area contributed by atoms with Crippen molar-refractivity contribution in [1.82, 2.24) is 0 Å². The van der Waals surface area contributed by atoms with Crippen LogP contribution in [0.2, 0.25) is 5.02 Å². The number of aryl methyl sites for hydroxylation is 1. The van der Waals surface area contributed by atoms with E-state index in [0.717, 1.165) is 11.1 Å². The van der Waals surface area contributed by atoms with Gasteiger partial charge in [0.1, 0.15) is 5.75 Å². The van der Waals surface area contributed by atoms with Crippen molar-refractivity contribution >= 4 is 17.6 Å². The number of carboxylic acid groups (broad SMARTS) is 1. The standard InChI is InChI=1S/C13H17ClO3/c1-4-17-12-5-8(2)10(7-11(12)14)9(3)6-13(15)16/h5,7,9H,4,6H2,1-3H3,(H,15,16). The summed E-state index contributed by atoms with van der Waals surface area (Å²) in [5.74, 6) is -0.208. The van der Waals surface area contributed by atoms with Gasteiger partial charge >= 0.3 is 5.97 Å². The zero-order valence-corrected chi connectivity index (χ0v) is 11.0. The molecule has 3 nitrogen and oxygen atoms in total. The summed E-state index contributed by atoms with van der Waals surface area (Å²) in [5, 5.41) is 9.32. The van der Waals surface area contributed by atoms with E-state index in [9.17, 15) is 4.79 Å². The van der Waals surface area contributed by atoms with E-state index < -0.39 is 5.97 Å². The summed E-state index contributed by atoms with van der Waals surface area (Å²) >= 11 is 6.09. The second-order valence-electron chi connectivity index (χ2n) is 4.07. The summed E-state index contributed by atoms with van der Waals surface area (Å²) in [6, 6.07) is 3.66. The van der Waals surface area contributed by atoms with Crippen LogP contribution in [0.15, 0.2) is 12.1 Å². The number of carboxylic acids is 1. The van der Waals surface area contributed by atoms with Crippen LogP contribution in [0.25, 0.3) is 0 Å². The van der Waals surface area contributed by atoms with Gasteiger partial charge in [0.25, 0.3) is 0 Å². The molecule has 0 radical (unpaired) electrons. The van der Waals surface area contributed by atoms with Crippen molar-refractivity contribution in [1.29, 1.82) is 0 Å². The zero-order chi connectivity index (χ0) is 13.0. The molecule has 0 aliphatic carbocycles. The van der Waals surface area contributed by atoms with Gasteiger partial charge in [-0.1, -0.05) is 18.5 Å². The van der Waals surface area contributed by atoms with E-state index in [1.807, 2.05) is 26.8 Å². The van der Waals surface area contributed by atoms with E-state index in [0.29, 0.717) is 17.4 Å². The lowest BCUT2D eigenvalue weighted by atomic mass is 9.93. The summed E-state index contributed by atoms with van der Waals surface area (Å²) in [7, 11) is 0. The highest BCUT2D eigenvalue weighted by atomic mass is 35.5. The number of carbonyl (C=O) groups is 1.